The van der Waals surface area contributed by atoms with Crippen molar-refractivity contribution in [3.8, 4) is 0 Å². The van der Waals surface area contributed by atoms with Crippen molar-refractivity contribution in [2.75, 3.05) is 6.54 Å². The van der Waals surface area contributed by atoms with Crippen LogP contribution in [0.15, 0.2) is 0 Å². The van der Waals surface area contributed by atoms with E-state index in [1.807, 2.05) is 0 Å². The van der Waals surface area contributed by atoms with Crippen LogP contribution in [0.25, 0.3) is 0 Å². The van der Waals surface area contributed by atoms with Crippen molar-refractivity contribution in [2.45, 2.75) is 25.4 Å². The summed E-state index contributed by atoms with van der Waals surface area (Å²) in [6.07, 6.45) is 1.03. The van der Waals surface area contributed by atoms with Crippen LogP contribution in [0.4, 0.5) is 0 Å². The minimum atomic E-state index is -0.673. The highest BCUT2D eigenvalue weighted by Gasteiger charge is 2.26. The molecule has 9 heavy (non-hydrogen) atoms. The van der Waals surface area contributed by atoms with Crippen LogP contribution >= 0.6 is 0 Å². The van der Waals surface area contributed by atoms with Crippen molar-refractivity contribution < 1.29 is 9.90 Å². The number of nitrogens with one attached hydrogen (secondary N) is 1. The van der Waals surface area contributed by atoms with Crippen LogP contribution in [-0.4, -0.2) is 23.2 Å². The average Bonchev–Trinajstić information content (AvgIpc) is 1.78. The maximum atomic E-state index is 10.5. The molecule has 0 spiro atoms. The standard InChI is InChI=1S/C6H11NO2/c1-6(9)3-2-5(8)7-4-6/h9H,2-4H2,1H3,(H,7,8)/t6-/m1/s1. The van der Waals surface area contributed by atoms with Crippen LogP contribution in [0.3, 0.4) is 0 Å². The first-order chi connectivity index (χ1) is 4.10. The lowest BCUT2D eigenvalue weighted by Crippen LogP contribution is -2.45. The third kappa shape index (κ3) is 1.68. The van der Waals surface area contributed by atoms with Gasteiger partial charge in [-0.05, 0) is 13.3 Å². The van der Waals surface area contributed by atoms with E-state index in [0.717, 1.165) is 0 Å². The van der Waals surface area contributed by atoms with Crippen LogP contribution in [-0.2, 0) is 4.79 Å². The smallest absolute Gasteiger partial charge is 0.220 e. The SMILES string of the molecule is C[C@@]1(O)CCC(=O)NC1. The number of rotatable bonds is 0. The summed E-state index contributed by atoms with van der Waals surface area (Å²) >= 11 is 0. The van der Waals surface area contributed by atoms with Gasteiger partial charge in [0.1, 0.15) is 0 Å². The molecule has 0 aromatic rings. The van der Waals surface area contributed by atoms with Gasteiger partial charge in [0.15, 0.2) is 0 Å². The number of piperidine rings is 1. The number of carbonyl (C=O) groups is 1. The molecule has 3 heteroatoms. The summed E-state index contributed by atoms with van der Waals surface area (Å²) in [5.74, 6) is 0.0431. The van der Waals surface area contributed by atoms with Gasteiger partial charge in [-0.1, -0.05) is 0 Å². The van der Waals surface area contributed by atoms with Crippen LogP contribution in [0.1, 0.15) is 19.8 Å². The second-order valence-electron chi connectivity index (χ2n) is 2.77. The van der Waals surface area contributed by atoms with Gasteiger partial charge in [-0.3, -0.25) is 4.79 Å². The second kappa shape index (κ2) is 1.99. The number of β-amino-alcohol motifs (C(OH)–C–C–N with tert-alkyl or cyclic N) is 1. The number of hydrogen-bond acceptors (Lipinski definition) is 2. The lowest BCUT2D eigenvalue weighted by Gasteiger charge is -2.27. The van der Waals surface area contributed by atoms with Crippen molar-refractivity contribution in [3.05, 3.63) is 0 Å². The Morgan fingerprint density at radius 3 is 2.78 bits per heavy atom. The van der Waals surface area contributed by atoms with E-state index in [1.54, 1.807) is 6.92 Å². The normalized spacial score (nSPS) is 36.0. The topological polar surface area (TPSA) is 49.3 Å². The van der Waals surface area contributed by atoms with Gasteiger partial charge in [-0.2, -0.15) is 0 Å². The predicted octanol–water partition coefficient (Wildman–Crippen LogP) is -0.353. The molecule has 52 valence electrons. The van der Waals surface area contributed by atoms with Gasteiger partial charge in [0.05, 0.1) is 5.60 Å². The third-order valence-electron chi connectivity index (χ3n) is 1.56. The molecule has 2 N–H and O–H groups in total. The summed E-state index contributed by atoms with van der Waals surface area (Å²) in [5.41, 5.74) is -0.673. The maximum Gasteiger partial charge on any atom is 0.220 e. The second-order valence-corrected chi connectivity index (χ2v) is 2.77. The molecular weight excluding hydrogens is 118 g/mol. The Kier molecular flexibility index (Phi) is 1.45. The molecule has 0 bridgehead atoms. The Balaban J connectivity index is 2.44. The molecule has 1 amide bonds. The Morgan fingerprint density at radius 2 is 2.44 bits per heavy atom. The van der Waals surface area contributed by atoms with E-state index >= 15 is 0 Å². The molecule has 0 saturated carbocycles. The van der Waals surface area contributed by atoms with Gasteiger partial charge < -0.3 is 10.4 Å². The molecule has 1 aliphatic rings. The van der Waals surface area contributed by atoms with Crippen LogP contribution < -0.4 is 5.32 Å². The monoisotopic (exact) mass is 129 g/mol. The summed E-state index contributed by atoms with van der Waals surface area (Å²) in [4.78, 5) is 10.5. The van der Waals surface area contributed by atoms with Crippen molar-refractivity contribution in [1.29, 1.82) is 0 Å². The first-order valence-corrected chi connectivity index (χ1v) is 3.09. The highest BCUT2D eigenvalue weighted by atomic mass is 16.3. The predicted molar refractivity (Wildman–Crippen MR) is 32.9 cm³/mol. The van der Waals surface area contributed by atoms with Crippen molar-refractivity contribution in [1.82, 2.24) is 5.32 Å². The number of hydrogen-bond donors (Lipinski definition) is 2. The Labute approximate surface area is 54.1 Å². The van der Waals surface area contributed by atoms with Gasteiger partial charge in [-0.15, -0.1) is 0 Å². The van der Waals surface area contributed by atoms with Gasteiger partial charge in [0.25, 0.3) is 0 Å². The van der Waals surface area contributed by atoms with E-state index in [4.69, 9.17) is 0 Å². The van der Waals surface area contributed by atoms with Gasteiger partial charge >= 0.3 is 0 Å². The van der Waals surface area contributed by atoms with Crippen molar-refractivity contribution in [3.63, 3.8) is 0 Å². The molecule has 1 aliphatic heterocycles. The van der Waals surface area contributed by atoms with Crippen molar-refractivity contribution in [2.24, 2.45) is 0 Å². The summed E-state index contributed by atoms with van der Waals surface area (Å²) in [6, 6.07) is 0. The molecule has 0 aromatic heterocycles. The van der Waals surface area contributed by atoms with E-state index in [0.29, 0.717) is 19.4 Å². The zero-order chi connectivity index (χ0) is 6.91. The number of amides is 1. The van der Waals surface area contributed by atoms with E-state index < -0.39 is 5.60 Å². The molecule has 1 fully saturated rings. The molecule has 0 aromatic carbocycles. The van der Waals surface area contributed by atoms with E-state index in [2.05, 4.69) is 5.32 Å². The van der Waals surface area contributed by atoms with Gasteiger partial charge in [0.2, 0.25) is 5.91 Å². The van der Waals surface area contributed by atoms with Crippen LogP contribution in [0.2, 0.25) is 0 Å². The van der Waals surface area contributed by atoms with E-state index in [1.165, 1.54) is 0 Å². The highest BCUT2D eigenvalue weighted by molar-refractivity contribution is 5.76. The first-order valence-electron chi connectivity index (χ1n) is 3.09. The lowest BCUT2D eigenvalue weighted by atomic mass is 9.97. The molecular formula is C6H11NO2. The number of aliphatic hydroxyl groups is 1. The summed E-state index contributed by atoms with van der Waals surface area (Å²) in [6.45, 7) is 2.12. The fourth-order valence-corrected chi connectivity index (χ4v) is 0.849. The summed E-state index contributed by atoms with van der Waals surface area (Å²) in [7, 11) is 0. The molecule has 0 aliphatic carbocycles. The summed E-state index contributed by atoms with van der Waals surface area (Å²) in [5, 5.41) is 11.9. The number of carbonyl (C=O) groups excluding carboxylic acids is 1. The molecule has 1 atom stereocenters. The summed E-state index contributed by atoms with van der Waals surface area (Å²) < 4.78 is 0. The minimum Gasteiger partial charge on any atom is -0.388 e. The minimum absolute atomic E-state index is 0.0431. The Bertz CT molecular complexity index is 119. The fraction of sp³-hybridized carbons (Fsp3) is 0.833. The van der Waals surface area contributed by atoms with E-state index in [-0.39, 0.29) is 5.91 Å². The molecule has 1 heterocycles. The van der Waals surface area contributed by atoms with E-state index in [9.17, 15) is 9.90 Å². The molecule has 1 rings (SSSR count). The van der Waals surface area contributed by atoms with Gasteiger partial charge in [-0.25, -0.2) is 0 Å². The van der Waals surface area contributed by atoms with Gasteiger partial charge in [0, 0.05) is 13.0 Å². The third-order valence-corrected chi connectivity index (χ3v) is 1.56. The Hall–Kier alpha value is -0.570. The molecule has 3 nitrogen and oxygen atoms in total. The molecule has 0 radical (unpaired) electrons. The molecule has 1 saturated heterocycles. The van der Waals surface area contributed by atoms with Crippen LogP contribution in [0, 0.1) is 0 Å². The average molecular weight is 129 g/mol. The Morgan fingerprint density at radius 1 is 1.78 bits per heavy atom. The maximum absolute atomic E-state index is 10.5. The van der Waals surface area contributed by atoms with Crippen molar-refractivity contribution >= 4 is 5.91 Å². The zero-order valence-electron chi connectivity index (χ0n) is 5.48. The first kappa shape index (κ1) is 6.55. The van der Waals surface area contributed by atoms with Crippen LogP contribution in [0.5, 0.6) is 0 Å². The largest absolute Gasteiger partial charge is 0.388 e. The fourth-order valence-electron chi connectivity index (χ4n) is 0.849. The lowest BCUT2D eigenvalue weighted by molar-refractivity contribution is -0.126. The zero-order valence-corrected chi connectivity index (χ0v) is 5.48. The highest BCUT2D eigenvalue weighted by Crippen LogP contribution is 2.14. The molecule has 0 unspecified atom stereocenters. The quantitative estimate of drug-likeness (QED) is 0.469.